The summed E-state index contributed by atoms with van der Waals surface area (Å²) in [5.41, 5.74) is 1.82. The number of carbonyl (C=O) groups is 1. The summed E-state index contributed by atoms with van der Waals surface area (Å²) >= 11 is 3.34. The lowest BCUT2D eigenvalue weighted by molar-refractivity contribution is -0.122. The van der Waals surface area contributed by atoms with Gasteiger partial charge in [-0.1, -0.05) is 22.0 Å². The number of benzene rings is 2. The van der Waals surface area contributed by atoms with Crippen LogP contribution in [0.15, 0.2) is 40.9 Å². The highest BCUT2D eigenvalue weighted by Gasteiger charge is 2.20. The van der Waals surface area contributed by atoms with Crippen LogP contribution in [-0.2, 0) is 17.8 Å². The molecule has 2 aromatic carbocycles. The molecule has 0 saturated carbocycles. The van der Waals surface area contributed by atoms with Crippen LogP contribution in [-0.4, -0.2) is 18.6 Å². The molecule has 1 aliphatic heterocycles. The zero-order chi connectivity index (χ0) is 17.1. The molecule has 126 valence electrons. The van der Waals surface area contributed by atoms with Gasteiger partial charge in [0.05, 0.1) is 5.69 Å². The van der Waals surface area contributed by atoms with Crippen LogP contribution in [0.1, 0.15) is 18.1 Å². The SMILES string of the molecule is CC(Oc1ccc(Br)cc1)C(=O)Nc1ccc2c(c1F)CCNC2. The third-order valence-corrected chi connectivity index (χ3v) is 4.49. The second kappa shape index (κ2) is 7.32. The second-order valence-electron chi connectivity index (χ2n) is 5.69. The molecule has 0 fully saturated rings. The molecule has 24 heavy (non-hydrogen) atoms. The van der Waals surface area contributed by atoms with E-state index >= 15 is 0 Å². The lowest BCUT2D eigenvalue weighted by Gasteiger charge is -2.20. The molecule has 1 aliphatic rings. The first-order chi connectivity index (χ1) is 11.5. The summed E-state index contributed by atoms with van der Waals surface area (Å²) in [5, 5.41) is 5.82. The molecule has 2 aromatic rings. The van der Waals surface area contributed by atoms with Gasteiger partial charge in [-0.25, -0.2) is 4.39 Å². The van der Waals surface area contributed by atoms with E-state index in [0.717, 1.165) is 16.6 Å². The van der Waals surface area contributed by atoms with Crippen LogP contribution < -0.4 is 15.4 Å². The Bertz CT molecular complexity index is 749. The Labute approximate surface area is 148 Å². The summed E-state index contributed by atoms with van der Waals surface area (Å²) < 4.78 is 21.1. The molecule has 3 rings (SSSR count). The fraction of sp³-hybridized carbons (Fsp3) is 0.278. The van der Waals surface area contributed by atoms with Crippen LogP contribution in [0.25, 0.3) is 0 Å². The van der Waals surface area contributed by atoms with E-state index in [2.05, 4.69) is 26.6 Å². The number of hydrogen-bond donors (Lipinski definition) is 2. The lowest BCUT2D eigenvalue weighted by atomic mass is 9.99. The Kier molecular flexibility index (Phi) is 5.16. The number of fused-ring (bicyclic) bond motifs is 1. The summed E-state index contributed by atoms with van der Waals surface area (Å²) in [6, 6.07) is 10.6. The van der Waals surface area contributed by atoms with Crippen molar-refractivity contribution >= 4 is 27.5 Å². The van der Waals surface area contributed by atoms with Crippen molar-refractivity contribution < 1.29 is 13.9 Å². The van der Waals surface area contributed by atoms with Gasteiger partial charge in [0.15, 0.2) is 6.10 Å². The molecular weight excluding hydrogens is 375 g/mol. The minimum absolute atomic E-state index is 0.201. The predicted octanol–water partition coefficient (Wildman–Crippen LogP) is 3.64. The molecule has 1 heterocycles. The number of ether oxygens (including phenoxy) is 1. The number of hydrogen-bond acceptors (Lipinski definition) is 3. The minimum atomic E-state index is -0.733. The summed E-state index contributed by atoms with van der Waals surface area (Å²) in [5.74, 6) is -0.151. The van der Waals surface area contributed by atoms with E-state index in [-0.39, 0.29) is 17.4 Å². The van der Waals surface area contributed by atoms with Gasteiger partial charge in [-0.2, -0.15) is 0 Å². The molecule has 0 saturated heterocycles. The highest BCUT2D eigenvalue weighted by Crippen LogP contribution is 2.25. The second-order valence-corrected chi connectivity index (χ2v) is 6.61. The van der Waals surface area contributed by atoms with Crippen molar-refractivity contribution in [1.29, 1.82) is 0 Å². The molecule has 6 heteroatoms. The first kappa shape index (κ1) is 16.9. The topological polar surface area (TPSA) is 50.4 Å². The Morgan fingerprint density at radius 2 is 2.04 bits per heavy atom. The summed E-state index contributed by atoms with van der Waals surface area (Å²) in [4.78, 5) is 12.3. The highest BCUT2D eigenvalue weighted by molar-refractivity contribution is 9.10. The van der Waals surface area contributed by atoms with Crippen molar-refractivity contribution in [2.75, 3.05) is 11.9 Å². The lowest BCUT2D eigenvalue weighted by Crippen LogP contribution is -2.31. The Morgan fingerprint density at radius 1 is 1.29 bits per heavy atom. The molecule has 1 amide bonds. The largest absolute Gasteiger partial charge is 0.481 e. The van der Waals surface area contributed by atoms with E-state index in [1.807, 2.05) is 18.2 Å². The predicted molar refractivity (Wildman–Crippen MR) is 94.7 cm³/mol. The molecule has 1 atom stereocenters. The van der Waals surface area contributed by atoms with Crippen molar-refractivity contribution in [1.82, 2.24) is 5.32 Å². The monoisotopic (exact) mass is 392 g/mol. The first-order valence-corrected chi connectivity index (χ1v) is 8.58. The molecule has 1 unspecified atom stereocenters. The summed E-state index contributed by atoms with van der Waals surface area (Å²) in [7, 11) is 0. The number of halogens is 2. The van der Waals surface area contributed by atoms with E-state index < -0.39 is 6.10 Å². The van der Waals surface area contributed by atoms with E-state index in [4.69, 9.17) is 4.74 Å². The Balaban J connectivity index is 1.69. The zero-order valence-corrected chi connectivity index (χ0v) is 14.8. The van der Waals surface area contributed by atoms with Crippen LogP contribution in [0.4, 0.5) is 10.1 Å². The van der Waals surface area contributed by atoms with Gasteiger partial charge in [-0.15, -0.1) is 0 Å². The standard InChI is InChI=1S/C18H18BrFN2O2/c1-11(24-14-5-3-13(19)4-6-14)18(23)22-16-7-2-12-10-21-9-8-15(12)17(16)20/h2-7,11,21H,8-10H2,1H3,(H,22,23). The van der Waals surface area contributed by atoms with Crippen molar-refractivity contribution in [2.24, 2.45) is 0 Å². The number of rotatable bonds is 4. The first-order valence-electron chi connectivity index (χ1n) is 7.78. The van der Waals surface area contributed by atoms with Crippen LogP contribution in [0, 0.1) is 5.82 Å². The van der Waals surface area contributed by atoms with Gasteiger partial charge >= 0.3 is 0 Å². The smallest absolute Gasteiger partial charge is 0.265 e. The van der Waals surface area contributed by atoms with E-state index in [1.54, 1.807) is 25.1 Å². The molecule has 4 nitrogen and oxygen atoms in total. The maximum absolute atomic E-state index is 14.6. The molecule has 0 bridgehead atoms. The molecular formula is C18H18BrFN2O2. The van der Waals surface area contributed by atoms with E-state index in [1.165, 1.54) is 0 Å². The average Bonchev–Trinajstić information content (AvgIpc) is 2.59. The molecule has 2 N–H and O–H groups in total. The summed E-state index contributed by atoms with van der Waals surface area (Å²) in [6.07, 6.45) is -0.112. The molecule has 0 radical (unpaired) electrons. The van der Waals surface area contributed by atoms with Crippen molar-refractivity contribution in [3.8, 4) is 5.75 Å². The summed E-state index contributed by atoms with van der Waals surface area (Å²) in [6.45, 7) is 3.03. The number of nitrogens with one attached hydrogen (secondary N) is 2. The zero-order valence-electron chi connectivity index (χ0n) is 13.2. The fourth-order valence-corrected chi connectivity index (χ4v) is 2.90. The van der Waals surface area contributed by atoms with Crippen LogP contribution in [0.3, 0.4) is 0 Å². The maximum Gasteiger partial charge on any atom is 0.265 e. The number of amides is 1. The maximum atomic E-state index is 14.6. The third-order valence-electron chi connectivity index (χ3n) is 3.96. The quantitative estimate of drug-likeness (QED) is 0.834. The van der Waals surface area contributed by atoms with Gasteiger partial charge in [-0.05, 0) is 61.3 Å². The van der Waals surface area contributed by atoms with Crippen molar-refractivity contribution in [3.05, 3.63) is 57.8 Å². The van der Waals surface area contributed by atoms with Gasteiger partial charge in [0.25, 0.3) is 5.91 Å². The fourth-order valence-electron chi connectivity index (χ4n) is 2.64. The Hall–Kier alpha value is -1.92. The van der Waals surface area contributed by atoms with Gasteiger partial charge in [0.2, 0.25) is 0 Å². The van der Waals surface area contributed by atoms with Crippen LogP contribution in [0.5, 0.6) is 5.75 Å². The van der Waals surface area contributed by atoms with Gasteiger partial charge in [0.1, 0.15) is 11.6 Å². The van der Waals surface area contributed by atoms with E-state index in [9.17, 15) is 9.18 Å². The van der Waals surface area contributed by atoms with Gasteiger partial charge in [-0.3, -0.25) is 4.79 Å². The molecule has 0 aliphatic carbocycles. The van der Waals surface area contributed by atoms with Crippen LogP contribution >= 0.6 is 15.9 Å². The van der Waals surface area contributed by atoms with Crippen molar-refractivity contribution in [3.63, 3.8) is 0 Å². The molecule has 0 spiro atoms. The van der Waals surface area contributed by atoms with Crippen molar-refractivity contribution in [2.45, 2.75) is 26.0 Å². The van der Waals surface area contributed by atoms with Gasteiger partial charge < -0.3 is 15.4 Å². The molecule has 0 aromatic heterocycles. The minimum Gasteiger partial charge on any atom is -0.481 e. The number of carbonyl (C=O) groups excluding carboxylic acids is 1. The van der Waals surface area contributed by atoms with Gasteiger partial charge in [0, 0.05) is 11.0 Å². The normalized spacial score (nSPS) is 14.6. The third kappa shape index (κ3) is 3.76. The Morgan fingerprint density at radius 3 is 2.79 bits per heavy atom. The highest BCUT2D eigenvalue weighted by atomic mass is 79.9. The average molecular weight is 393 g/mol. The van der Waals surface area contributed by atoms with E-state index in [0.29, 0.717) is 24.3 Å². The number of anilines is 1. The van der Waals surface area contributed by atoms with Crippen LogP contribution in [0.2, 0.25) is 0 Å².